The fourth-order valence-corrected chi connectivity index (χ4v) is 1.92. The number of carboxylic acids is 1. The minimum atomic E-state index is -1.05. The van der Waals surface area contributed by atoms with E-state index in [9.17, 15) is 4.79 Å². The first-order valence-corrected chi connectivity index (χ1v) is 6.56. The predicted molar refractivity (Wildman–Crippen MR) is 72.9 cm³/mol. The van der Waals surface area contributed by atoms with Gasteiger partial charge in [0.05, 0.1) is 12.3 Å². The van der Waals surface area contributed by atoms with Gasteiger partial charge in [0, 0.05) is 13.0 Å². The Morgan fingerprint density at radius 3 is 2.75 bits per heavy atom. The van der Waals surface area contributed by atoms with Crippen LogP contribution in [0.2, 0.25) is 0 Å². The second-order valence-electron chi connectivity index (χ2n) is 4.32. The van der Waals surface area contributed by atoms with Crippen LogP contribution in [0.5, 0.6) is 5.75 Å². The summed E-state index contributed by atoms with van der Waals surface area (Å²) < 4.78 is 7.22. The van der Waals surface area contributed by atoms with Crippen LogP contribution in [0.25, 0.3) is 0 Å². The third-order valence-electron chi connectivity index (χ3n) is 2.83. The number of para-hydroxylation sites is 1. The molecule has 0 spiro atoms. The Balaban J connectivity index is 2.04. The summed E-state index contributed by atoms with van der Waals surface area (Å²) in [6.45, 7) is 3.05. The monoisotopic (exact) mass is 275 g/mol. The van der Waals surface area contributed by atoms with Gasteiger partial charge in [0.2, 0.25) is 0 Å². The quantitative estimate of drug-likeness (QED) is 0.836. The highest BCUT2D eigenvalue weighted by molar-refractivity contribution is 5.86. The molecule has 6 nitrogen and oxygen atoms in total. The zero-order valence-electron chi connectivity index (χ0n) is 11.3. The van der Waals surface area contributed by atoms with Gasteiger partial charge in [-0.3, -0.25) is 0 Å². The first-order valence-electron chi connectivity index (χ1n) is 6.56. The molecule has 0 amide bonds. The third kappa shape index (κ3) is 3.34. The fraction of sp³-hybridized carbons (Fsp3) is 0.357. The summed E-state index contributed by atoms with van der Waals surface area (Å²) in [5.74, 6) is -0.291. The Kier molecular flexibility index (Phi) is 4.70. The van der Waals surface area contributed by atoms with Crippen molar-refractivity contribution in [2.24, 2.45) is 0 Å². The molecule has 2 rings (SSSR count). The van der Waals surface area contributed by atoms with Crippen molar-refractivity contribution < 1.29 is 14.6 Å². The molecule has 20 heavy (non-hydrogen) atoms. The molecule has 106 valence electrons. The largest absolute Gasteiger partial charge is 0.493 e. The highest BCUT2D eigenvalue weighted by atomic mass is 16.5. The maximum atomic E-state index is 11.1. The maximum Gasteiger partial charge on any atom is 0.358 e. The van der Waals surface area contributed by atoms with E-state index in [0.29, 0.717) is 25.3 Å². The molecular formula is C14H17N3O3. The normalized spacial score (nSPS) is 10.4. The second kappa shape index (κ2) is 6.70. The Labute approximate surface area is 117 Å². The molecule has 0 radical (unpaired) electrons. The molecular weight excluding hydrogens is 258 g/mol. The summed E-state index contributed by atoms with van der Waals surface area (Å²) in [4.78, 5) is 11.1. The Morgan fingerprint density at radius 2 is 2.10 bits per heavy atom. The van der Waals surface area contributed by atoms with E-state index in [2.05, 4.69) is 10.3 Å². The topological polar surface area (TPSA) is 77.2 Å². The van der Waals surface area contributed by atoms with Gasteiger partial charge < -0.3 is 9.84 Å². The number of hydrogen-bond acceptors (Lipinski definition) is 4. The van der Waals surface area contributed by atoms with E-state index in [1.807, 2.05) is 37.3 Å². The van der Waals surface area contributed by atoms with Crippen molar-refractivity contribution in [1.29, 1.82) is 0 Å². The van der Waals surface area contributed by atoms with Gasteiger partial charge in [-0.25, -0.2) is 9.48 Å². The Morgan fingerprint density at radius 1 is 1.35 bits per heavy atom. The second-order valence-corrected chi connectivity index (χ2v) is 4.32. The van der Waals surface area contributed by atoms with Crippen LogP contribution in [0.3, 0.4) is 0 Å². The van der Waals surface area contributed by atoms with Crippen LogP contribution in [0, 0.1) is 0 Å². The number of ether oxygens (including phenoxy) is 1. The number of carbonyl (C=O) groups is 1. The van der Waals surface area contributed by atoms with Crippen LogP contribution in [-0.2, 0) is 13.0 Å². The van der Waals surface area contributed by atoms with Gasteiger partial charge in [0.15, 0.2) is 5.69 Å². The lowest BCUT2D eigenvalue weighted by Crippen LogP contribution is -2.12. The van der Waals surface area contributed by atoms with Gasteiger partial charge in [0.1, 0.15) is 5.75 Å². The number of carboxylic acid groups (broad SMARTS) is 1. The van der Waals surface area contributed by atoms with Crippen LogP contribution in [-0.4, -0.2) is 32.7 Å². The predicted octanol–water partition coefficient (Wildman–Crippen LogP) is 2.01. The molecule has 6 heteroatoms. The number of benzene rings is 1. The first-order chi connectivity index (χ1) is 9.72. The Bertz CT molecular complexity index is 566. The fourth-order valence-electron chi connectivity index (χ4n) is 1.92. The van der Waals surface area contributed by atoms with E-state index in [1.165, 1.54) is 0 Å². The average Bonchev–Trinajstić information content (AvgIpc) is 2.84. The lowest BCUT2D eigenvalue weighted by molar-refractivity contribution is 0.0689. The van der Waals surface area contributed by atoms with Crippen molar-refractivity contribution in [2.75, 3.05) is 6.61 Å². The van der Waals surface area contributed by atoms with Crippen molar-refractivity contribution in [3.8, 4) is 5.75 Å². The summed E-state index contributed by atoms with van der Waals surface area (Å²) in [6, 6.07) is 9.41. The van der Waals surface area contributed by atoms with Gasteiger partial charge in [-0.05, 0) is 18.6 Å². The molecule has 1 N–H and O–H groups in total. The zero-order valence-corrected chi connectivity index (χ0v) is 11.3. The SMILES string of the molecule is CCCn1nnc(C(=O)O)c1CCOc1ccccc1. The molecule has 0 atom stereocenters. The van der Waals surface area contributed by atoms with Crippen molar-refractivity contribution in [2.45, 2.75) is 26.3 Å². The summed E-state index contributed by atoms with van der Waals surface area (Å²) in [7, 11) is 0. The van der Waals surface area contributed by atoms with Crippen molar-refractivity contribution in [3.05, 3.63) is 41.7 Å². The minimum absolute atomic E-state index is 0.00936. The summed E-state index contributed by atoms with van der Waals surface area (Å²) in [5.41, 5.74) is 0.616. The van der Waals surface area contributed by atoms with E-state index in [-0.39, 0.29) is 5.69 Å². The lowest BCUT2D eigenvalue weighted by atomic mass is 10.2. The number of rotatable bonds is 7. The summed E-state index contributed by atoms with van der Waals surface area (Å²) in [5, 5.41) is 16.7. The van der Waals surface area contributed by atoms with Gasteiger partial charge >= 0.3 is 5.97 Å². The molecule has 0 unspecified atom stereocenters. The number of aryl methyl sites for hydroxylation is 1. The van der Waals surface area contributed by atoms with Gasteiger partial charge in [-0.15, -0.1) is 5.10 Å². The number of aromatic carboxylic acids is 1. The van der Waals surface area contributed by atoms with E-state index in [4.69, 9.17) is 9.84 Å². The molecule has 0 saturated carbocycles. The van der Waals surface area contributed by atoms with Crippen molar-refractivity contribution >= 4 is 5.97 Å². The molecule has 0 saturated heterocycles. The summed E-state index contributed by atoms with van der Waals surface area (Å²) >= 11 is 0. The van der Waals surface area contributed by atoms with E-state index < -0.39 is 5.97 Å². The van der Waals surface area contributed by atoms with Crippen molar-refractivity contribution in [3.63, 3.8) is 0 Å². The van der Waals surface area contributed by atoms with Crippen LogP contribution >= 0.6 is 0 Å². The number of hydrogen-bond donors (Lipinski definition) is 1. The minimum Gasteiger partial charge on any atom is -0.493 e. The molecule has 2 aromatic rings. The zero-order chi connectivity index (χ0) is 14.4. The van der Waals surface area contributed by atoms with E-state index in [0.717, 1.165) is 12.2 Å². The van der Waals surface area contributed by atoms with Crippen molar-refractivity contribution in [1.82, 2.24) is 15.0 Å². The molecule has 0 fully saturated rings. The molecule has 1 aromatic carbocycles. The van der Waals surface area contributed by atoms with Gasteiger partial charge in [0.25, 0.3) is 0 Å². The van der Waals surface area contributed by atoms with Gasteiger partial charge in [-0.2, -0.15) is 0 Å². The van der Waals surface area contributed by atoms with Crippen LogP contribution in [0.4, 0.5) is 0 Å². The first kappa shape index (κ1) is 14.0. The van der Waals surface area contributed by atoms with Crippen LogP contribution in [0.1, 0.15) is 29.5 Å². The summed E-state index contributed by atoms with van der Waals surface area (Å²) in [6.07, 6.45) is 1.33. The molecule has 0 aliphatic heterocycles. The molecule has 0 aliphatic carbocycles. The average molecular weight is 275 g/mol. The van der Waals surface area contributed by atoms with E-state index >= 15 is 0 Å². The molecule has 0 aliphatic rings. The van der Waals surface area contributed by atoms with Crippen LogP contribution < -0.4 is 4.74 Å². The number of nitrogens with zero attached hydrogens (tertiary/aromatic N) is 3. The maximum absolute atomic E-state index is 11.1. The third-order valence-corrected chi connectivity index (χ3v) is 2.83. The van der Waals surface area contributed by atoms with E-state index in [1.54, 1.807) is 4.68 Å². The molecule has 0 bridgehead atoms. The highest BCUT2D eigenvalue weighted by Gasteiger charge is 2.18. The van der Waals surface area contributed by atoms with Gasteiger partial charge in [-0.1, -0.05) is 30.3 Å². The molecule has 1 aromatic heterocycles. The lowest BCUT2D eigenvalue weighted by Gasteiger charge is -2.08. The Hall–Kier alpha value is -2.37. The smallest absolute Gasteiger partial charge is 0.358 e. The van der Waals surface area contributed by atoms with Crippen LogP contribution in [0.15, 0.2) is 30.3 Å². The molecule has 1 heterocycles. The standard InChI is InChI=1S/C14H17N3O3/c1-2-9-17-12(13(14(18)19)15-16-17)8-10-20-11-6-4-3-5-7-11/h3-7H,2,8-10H2,1H3,(H,18,19). The number of aromatic nitrogens is 3. The highest BCUT2D eigenvalue weighted by Crippen LogP contribution is 2.11.